The van der Waals surface area contributed by atoms with Crippen LogP contribution in [0, 0.1) is 6.92 Å². The van der Waals surface area contributed by atoms with Crippen LogP contribution in [0.5, 0.6) is 0 Å². The van der Waals surface area contributed by atoms with E-state index in [1.165, 1.54) is 11.1 Å². The number of fused-ring (bicyclic) bond motifs is 1. The molecule has 0 saturated carbocycles. The first-order chi connectivity index (χ1) is 10.2. The molecule has 2 aromatic rings. The van der Waals surface area contributed by atoms with Gasteiger partial charge in [-0.05, 0) is 42.5 Å². The summed E-state index contributed by atoms with van der Waals surface area (Å²) < 4.78 is 0. The van der Waals surface area contributed by atoms with E-state index >= 15 is 0 Å². The molecule has 1 aliphatic rings. The Bertz CT molecular complexity index is 658. The van der Waals surface area contributed by atoms with E-state index in [1.807, 2.05) is 30.0 Å². The highest BCUT2D eigenvalue weighted by atomic mass is 16.2. The number of nitrogen functional groups attached to an aromatic ring is 1. The predicted octanol–water partition coefficient (Wildman–Crippen LogP) is 3.17. The molecule has 1 aliphatic heterocycles. The third-order valence-corrected chi connectivity index (χ3v) is 4.16. The smallest absolute Gasteiger partial charge is 0.256 e. The van der Waals surface area contributed by atoms with E-state index in [4.69, 9.17) is 5.73 Å². The number of anilines is 1. The Morgan fingerprint density at radius 3 is 2.62 bits per heavy atom. The van der Waals surface area contributed by atoms with Gasteiger partial charge in [-0.1, -0.05) is 36.4 Å². The van der Waals surface area contributed by atoms with Crippen molar-refractivity contribution in [3.05, 3.63) is 64.7 Å². The molecule has 1 amide bonds. The van der Waals surface area contributed by atoms with Gasteiger partial charge < -0.3 is 10.6 Å². The van der Waals surface area contributed by atoms with Crippen LogP contribution in [0.25, 0.3) is 0 Å². The first-order valence-corrected chi connectivity index (χ1v) is 7.38. The molecule has 0 fully saturated rings. The molecule has 3 heteroatoms. The van der Waals surface area contributed by atoms with E-state index in [0.717, 1.165) is 24.9 Å². The highest BCUT2D eigenvalue weighted by molar-refractivity contribution is 6.00. The van der Waals surface area contributed by atoms with Gasteiger partial charge in [0.05, 0.1) is 5.56 Å². The van der Waals surface area contributed by atoms with E-state index in [-0.39, 0.29) is 5.91 Å². The van der Waals surface area contributed by atoms with Crippen molar-refractivity contribution in [3.63, 3.8) is 0 Å². The molecular weight excluding hydrogens is 260 g/mol. The quantitative estimate of drug-likeness (QED) is 0.816. The standard InChI is InChI=1S/C18H20N2O/c1-13-6-4-10-16(19)17(13)18(21)20-11-5-9-14-7-2-3-8-15(14)12-20/h2-4,6-8,10H,5,9,11-12,19H2,1H3. The van der Waals surface area contributed by atoms with Crippen LogP contribution in [0.1, 0.15) is 33.5 Å². The van der Waals surface area contributed by atoms with Crippen molar-refractivity contribution >= 4 is 11.6 Å². The lowest BCUT2D eigenvalue weighted by molar-refractivity contribution is 0.0746. The topological polar surface area (TPSA) is 46.3 Å². The number of hydrogen-bond donors (Lipinski definition) is 1. The number of aryl methyl sites for hydroxylation is 2. The Kier molecular flexibility index (Phi) is 3.65. The van der Waals surface area contributed by atoms with Crippen molar-refractivity contribution in [2.75, 3.05) is 12.3 Å². The Hall–Kier alpha value is -2.29. The largest absolute Gasteiger partial charge is 0.398 e. The lowest BCUT2D eigenvalue weighted by Gasteiger charge is -2.22. The van der Waals surface area contributed by atoms with Crippen LogP contribution in [0.3, 0.4) is 0 Å². The molecule has 1 heterocycles. The summed E-state index contributed by atoms with van der Waals surface area (Å²) in [4.78, 5) is 14.8. The van der Waals surface area contributed by atoms with Gasteiger partial charge in [-0.15, -0.1) is 0 Å². The molecular formula is C18H20N2O. The van der Waals surface area contributed by atoms with Crippen LogP contribution in [0.2, 0.25) is 0 Å². The maximum absolute atomic E-state index is 12.8. The summed E-state index contributed by atoms with van der Waals surface area (Å²) in [5, 5.41) is 0. The van der Waals surface area contributed by atoms with Crippen molar-refractivity contribution in [1.82, 2.24) is 4.90 Å². The van der Waals surface area contributed by atoms with Gasteiger partial charge in [0.15, 0.2) is 0 Å². The van der Waals surface area contributed by atoms with E-state index in [1.54, 1.807) is 6.07 Å². The monoisotopic (exact) mass is 280 g/mol. The van der Waals surface area contributed by atoms with Crippen LogP contribution >= 0.6 is 0 Å². The maximum atomic E-state index is 12.8. The van der Waals surface area contributed by atoms with E-state index in [9.17, 15) is 4.79 Å². The zero-order valence-corrected chi connectivity index (χ0v) is 12.3. The maximum Gasteiger partial charge on any atom is 0.256 e. The summed E-state index contributed by atoms with van der Waals surface area (Å²) in [6.45, 7) is 3.39. The minimum absolute atomic E-state index is 0.0438. The predicted molar refractivity (Wildman–Crippen MR) is 85.1 cm³/mol. The van der Waals surface area contributed by atoms with Gasteiger partial charge in [-0.3, -0.25) is 4.79 Å². The number of hydrogen-bond acceptors (Lipinski definition) is 2. The van der Waals surface area contributed by atoms with Gasteiger partial charge in [-0.25, -0.2) is 0 Å². The number of amides is 1. The van der Waals surface area contributed by atoms with E-state index in [0.29, 0.717) is 17.8 Å². The normalized spacial score (nSPS) is 14.4. The molecule has 0 bridgehead atoms. The van der Waals surface area contributed by atoms with Gasteiger partial charge >= 0.3 is 0 Å². The molecule has 3 nitrogen and oxygen atoms in total. The number of rotatable bonds is 1. The average Bonchev–Trinajstić information content (AvgIpc) is 2.69. The third-order valence-electron chi connectivity index (χ3n) is 4.16. The fourth-order valence-electron chi connectivity index (χ4n) is 3.01. The molecule has 108 valence electrons. The van der Waals surface area contributed by atoms with Gasteiger partial charge in [0, 0.05) is 18.8 Å². The van der Waals surface area contributed by atoms with Crippen LogP contribution in [0.4, 0.5) is 5.69 Å². The van der Waals surface area contributed by atoms with Crippen LogP contribution in [0.15, 0.2) is 42.5 Å². The molecule has 0 aromatic heterocycles. The van der Waals surface area contributed by atoms with Crippen molar-refractivity contribution in [2.45, 2.75) is 26.3 Å². The molecule has 2 N–H and O–H groups in total. The van der Waals surface area contributed by atoms with E-state index < -0.39 is 0 Å². The van der Waals surface area contributed by atoms with Crippen molar-refractivity contribution in [2.24, 2.45) is 0 Å². The zero-order chi connectivity index (χ0) is 14.8. The fourth-order valence-corrected chi connectivity index (χ4v) is 3.01. The summed E-state index contributed by atoms with van der Waals surface area (Å²) >= 11 is 0. The first kappa shape index (κ1) is 13.7. The molecule has 0 spiro atoms. The van der Waals surface area contributed by atoms with Crippen LogP contribution < -0.4 is 5.73 Å². The molecule has 0 saturated heterocycles. The third kappa shape index (κ3) is 2.64. The molecule has 21 heavy (non-hydrogen) atoms. The Morgan fingerprint density at radius 1 is 1.10 bits per heavy atom. The van der Waals surface area contributed by atoms with Gasteiger partial charge in [0.25, 0.3) is 5.91 Å². The van der Waals surface area contributed by atoms with Gasteiger partial charge in [0.1, 0.15) is 0 Å². The summed E-state index contributed by atoms with van der Waals surface area (Å²) in [5.74, 6) is 0.0438. The average molecular weight is 280 g/mol. The summed E-state index contributed by atoms with van der Waals surface area (Å²) in [6.07, 6.45) is 2.03. The molecule has 2 aromatic carbocycles. The van der Waals surface area contributed by atoms with Gasteiger partial charge in [0.2, 0.25) is 0 Å². The molecule has 0 radical (unpaired) electrons. The first-order valence-electron chi connectivity index (χ1n) is 7.38. The summed E-state index contributed by atoms with van der Waals surface area (Å²) in [5.41, 5.74) is 10.8. The van der Waals surface area contributed by atoms with Crippen molar-refractivity contribution in [3.8, 4) is 0 Å². The molecule has 0 unspecified atom stereocenters. The van der Waals surface area contributed by atoms with Gasteiger partial charge in [-0.2, -0.15) is 0 Å². The number of carbonyl (C=O) groups is 1. The van der Waals surface area contributed by atoms with Crippen LogP contribution in [-0.2, 0) is 13.0 Å². The lowest BCUT2D eigenvalue weighted by atomic mass is 10.0. The second-order valence-corrected chi connectivity index (χ2v) is 5.64. The second-order valence-electron chi connectivity index (χ2n) is 5.64. The molecule has 0 aliphatic carbocycles. The number of nitrogens with zero attached hydrogens (tertiary/aromatic N) is 1. The summed E-state index contributed by atoms with van der Waals surface area (Å²) in [7, 11) is 0. The Labute approximate surface area is 125 Å². The number of carbonyl (C=O) groups excluding carboxylic acids is 1. The molecule has 0 atom stereocenters. The molecule has 3 rings (SSSR count). The Balaban J connectivity index is 1.92. The lowest BCUT2D eigenvalue weighted by Crippen LogP contribution is -2.31. The van der Waals surface area contributed by atoms with E-state index in [2.05, 4.69) is 18.2 Å². The highest BCUT2D eigenvalue weighted by Gasteiger charge is 2.22. The number of benzene rings is 2. The summed E-state index contributed by atoms with van der Waals surface area (Å²) in [6, 6.07) is 14.0. The highest BCUT2D eigenvalue weighted by Crippen LogP contribution is 2.23. The second kappa shape index (κ2) is 5.60. The Morgan fingerprint density at radius 2 is 1.86 bits per heavy atom. The minimum atomic E-state index is 0.0438. The van der Waals surface area contributed by atoms with Crippen LogP contribution in [-0.4, -0.2) is 17.4 Å². The zero-order valence-electron chi connectivity index (χ0n) is 12.3. The van der Waals surface area contributed by atoms with Crippen molar-refractivity contribution < 1.29 is 4.79 Å². The number of nitrogens with two attached hydrogens (primary N) is 1. The van der Waals surface area contributed by atoms with Crippen molar-refractivity contribution in [1.29, 1.82) is 0 Å². The fraction of sp³-hybridized carbons (Fsp3) is 0.278. The SMILES string of the molecule is Cc1cccc(N)c1C(=O)N1CCCc2ccccc2C1. The minimum Gasteiger partial charge on any atom is -0.398 e.